The zero-order valence-electron chi connectivity index (χ0n) is 10.6. The van der Waals surface area contributed by atoms with E-state index in [-0.39, 0.29) is 5.41 Å². The monoisotopic (exact) mass is 259 g/mol. The molecule has 0 radical (unpaired) electrons. The molecule has 2 rings (SSSR count). The number of nitrogens with zero attached hydrogens (tertiary/aromatic N) is 1. The minimum Gasteiger partial charge on any atom is -0.480 e. The Labute approximate surface area is 107 Å². The van der Waals surface area contributed by atoms with Crippen LogP contribution in [0.5, 0.6) is 0 Å². The number of hydrogen-bond acceptors (Lipinski definition) is 4. The summed E-state index contributed by atoms with van der Waals surface area (Å²) in [6.45, 7) is 6.95. The maximum Gasteiger partial charge on any atom is 0.325 e. The van der Waals surface area contributed by atoms with Gasteiger partial charge in [-0.1, -0.05) is 13.8 Å². The number of hydrogen-bond donors (Lipinski definition) is 1. The molecule has 98 valence electrons. The molecule has 2 aliphatic rings. The second-order valence-electron chi connectivity index (χ2n) is 5.45. The summed E-state index contributed by atoms with van der Waals surface area (Å²) in [5, 5.41) is 9.78. The Hall–Kier alpha value is -0.260. The van der Waals surface area contributed by atoms with Crippen molar-refractivity contribution < 1.29 is 14.6 Å². The standard InChI is InChI=1S/C12H21NO3S/c1-11(2)3-8-17-9-12(11,10(14)15)13-4-6-16-7-5-13/h3-9H2,1-2H3,(H,14,15). The van der Waals surface area contributed by atoms with Gasteiger partial charge in [-0.2, -0.15) is 11.8 Å². The maximum atomic E-state index is 11.9. The van der Waals surface area contributed by atoms with E-state index in [0.717, 1.165) is 25.3 Å². The minimum absolute atomic E-state index is 0.179. The third-order valence-electron chi connectivity index (χ3n) is 4.21. The fourth-order valence-electron chi connectivity index (χ4n) is 2.90. The number of carbonyl (C=O) groups is 1. The summed E-state index contributed by atoms with van der Waals surface area (Å²) in [4.78, 5) is 14.0. The molecule has 0 aromatic rings. The first kappa shape index (κ1) is 13.2. The van der Waals surface area contributed by atoms with Crippen molar-refractivity contribution in [3.8, 4) is 0 Å². The first-order valence-electron chi connectivity index (χ1n) is 6.15. The quantitative estimate of drug-likeness (QED) is 0.810. The van der Waals surface area contributed by atoms with Gasteiger partial charge >= 0.3 is 5.97 Å². The van der Waals surface area contributed by atoms with Crippen molar-refractivity contribution in [1.82, 2.24) is 4.90 Å². The smallest absolute Gasteiger partial charge is 0.325 e. The van der Waals surface area contributed by atoms with E-state index in [2.05, 4.69) is 18.7 Å². The Morgan fingerprint density at radius 2 is 2.00 bits per heavy atom. The molecule has 0 amide bonds. The predicted molar refractivity (Wildman–Crippen MR) is 68.5 cm³/mol. The molecule has 5 heteroatoms. The van der Waals surface area contributed by atoms with Gasteiger partial charge in [0.05, 0.1) is 13.2 Å². The largest absolute Gasteiger partial charge is 0.480 e. The van der Waals surface area contributed by atoms with E-state index in [9.17, 15) is 9.90 Å². The fourth-order valence-corrected chi connectivity index (χ4v) is 4.69. The van der Waals surface area contributed by atoms with Crippen LogP contribution in [0.2, 0.25) is 0 Å². The van der Waals surface area contributed by atoms with E-state index in [1.54, 1.807) is 11.8 Å². The van der Waals surface area contributed by atoms with Crippen LogP contribution < -0.4 is 0 Å². The van der Waals surface area contributed by atoms with Gasteiger partial charge in [0, 0.05) is 18.8 Å². The molecule has 4 nitrogen and oxygen atoms in total. The lowest BCUT2D eigenvalue weighted by Gasteiger charge is -2.53. The molecule has 0 spiro atoms. The highest BCUT2D eigenvalue weighted by Crippen LogP contribution is 2.46. The Balaban J connectivity index is 2.32. The first-order valence-corrected chi connectivity index (χ1v) is 7.30. The van der Waals surface area contributed by atoms with Gasteiger partial charge in [0.25, 0.3) is 0 Å². The lowest BCUT2D eigenvalue weighted by molar-refractivity contribution is -0.164. The number of morpholine rings is 1. The van der Waals surface area contributed by atoms with Crippen LogP contribution in [0.3, 0.4) is 0 Å². The van der Waals surface area contributed by atoms with Gasteiger partial charge < -0.3 is 9.84 Å². The van der Waals surface area contributed by atoms with Gasteiger partial charge in [0.1, 0.15) is 5.54 Å². The fraction of sp³-hybridized carbons (Fsp3) is 0.917. The summed E-state index contributed by atoms with van der Waals surface area (Å²) < 4.78 is 5.34. The molecule has 2 saturated heterocycles. The second kappa shape index (κ2) is 4.78. The number of carboxylic acid groups (broad SMARTS) is 1. The average molecular weight is 259 g/mol. The predicted octanol–water partition coefficient (Wildman–Crippen LogP) is 1.31. The molecule has 1 atom stereocenters. The van der Waals surface area contributed by atoms with E-state index in [0.29, 0.717) is 19.0 Å². The number of rotatable bonds is 2. The van der Waals surface area contributed by atoms with Gasteiger partial charge in [0.15, 0.2) is 0 Å². The van der Waals surface area contributed by atoms with Crippen molar-refractivity contribution in [2.24, 2.45) is 5.41 Å². The summed E-state index contributed by atoms with van der Waals surface area (Å²) in [5.74, 6) is 1.08. The lowest BCUT2D eigenvalue weighted by atomic mass is 9.69. The van der Waals surface area contributed by atoms with Gasteiger partial charge in [-0.3, -0.25) is 9.69 Å². The van der Waals surface area contributed by atoms with Crippen molar-refractivity contribution in [1.29, 1.82) is 0 Å². The summed E-state index contributed by atoms with van der Waals surface area (Å²) >= 11 is 1.76. The van der Waals surface area contributed by atoms with Gasteiger partial charge in [-0.05, 0) is 17.6 Å². The molecule has 2 heterocycles. The molecule has 17 heavy (non-hydrogen) atoms. The summed E-state index contributed by atoms with van der Waals surface area (Å²) in [6.07, 6.45) is 0.960. The van der Waals surface area contributed by atoms with E-state index in [4.69, 9.17) is 4.74 Å². The van der Waals surface area contributed by atoms with Crippen LogP contribution in [0, 0.1) is 5.41 Å². The zero-order valence-corrected chi connectivity index (χ0v) is 11.4. The third kappa shape index (κ3) is 2.09. The van der Waals surface area contributed by atoms with Crippen LogP contribution in [0.25, 0.3) is 0 Å². The molecule has 1 N–H and O–H groups in total. The molecule has 0 bridgehead atoms. The highest BCUT2D eigenvalue weighted by molar-refractivity contribution is 7.99. The van der Waals surface area contributed by atoms with Gasteiger partial charge in [-0.15, -0.1) is 0 Å². The normalized spacial score (nSPS) is 34.5. The van der Waals surface area contributed by atoms with Gasteiger partial charge in [-0.25, -0.2) is 0 Å². The average Bonchev–Trinajstić information content (AvgIpc) is 2.29. The van der Waals surface area contributed by atoms with Crippen LogP contribution in [0.1, 0.15) is 20.3 Å². The van der Waals surface area contributed by atoms with E-state index >= 15 is 0 Å². The highest BCUT2D eigenvalue weighted by Gasteiger charge is 2.56. The number of carboxylic acids is 1. The molecule has 0 saturated carbocycles. The van der Waals surface area contributed by atoms with Crippen LogP contribution in [-0.4, -0.2) is 59.3 Å². The third-order valence-corrected chi connectivity index (χ3v) is 5.32. The molecule has 2 aliphatic heterocycles. The number of aliphatic carboxylic acids is 1. The Morgan fingerprint density at radius 3 is 2.53 bits per heavy atom. The molecular formula is C12H21NO3S. The van der Waals surface area contributed by atoms with Crippen molar-refractivity contribution >= 4 is 17.7 Å². The van der Waals surface area contributed by atoms with Crippen molar-refractivity contribution in [2.75, 3.05) is 37.8 Å². The van der Waals surface area contributed by atoms with Crippen molar-refractivity contribution in [3.05, 3.63) is 0 Å². The van der Waals surface area contributed by atoms with E-state index < -0.39 is 11.5 Å². The molecule has 1 unspecified atom stereocenters. The number of thioether (sulfide) groups is 1. The Kier molecular flexibility index (Phi) is 3.71. The molecule has 0 aromatic carbocycles. The number of ether oxygens (including phenoxy) is 1. The zero-order chi connectivity index (χ0) is 12.5. The van der Waals surface area contributed by atoms with Crippen LogP contribution in [-0.2, 0) is 9.53 Å². The van der Waals surface area contributed by atoms with Crippen LogP contribution >= 0.6 is 11.8 Å². The minimum atomic E-state index is -0.723. The highest BCUT2D eigenvalue weighted by atomic mass is 32.2. The Morgan fingerprint density at radius 1 is 1.35 bits per heavy atom. The molecule has 0 aliphatic carbocycles. The topological polar surface area (TPSA) is 49.8 Å². The van der Waals surface area contributed by atoms with Crippen LogP contribution in [0.15, 0.2) is 0 Å². The molecule has 0 aromatic heterocycles. The lowest BCUT2D eigenvalue weighted by Crippen LogP contribution is -2.68. The van der Waals surface area contributed by atoms with Crippen LogP contribution in [0.4, 0.5) is 0 Å². The first-order chi connectivity index (χ1) is 8.01. The second-order valence-corrected chi connectivity index (χ2v) is 6.56. The Bertz CT molecular complexity index is 302. The SMILES string of the molecule is CC1(C)CCSCC1(C(=O)O)N1CCOCC1. The van der Waals surface area contributed by atoms with Crippen molar-refractivity contribution in [2.45, 2.75) is 25.8 Å². The molecular weight excluding hydrogens is 238 g/mol. The molecule has 2 fully saturated rings. The maximum absolute atomic E-state index is 11.9. The van der Waals surface area contributed by atoms with Gasteiger partial charge in [0.2, 0.25) is 0 Å². The summed E-state index contributed by atoms with van der Waals surface area (Å²) in [7, 11) is 0. The van der Waals surface area contributed by atoms with Crippen molar-refractivity contribution in [3.63, 3.8) is 0 Å². The summed E-state index contributed by atoms with van der Waals surface area (Å²) in [5.41, 5.74) is -0.902. The van der Waals surface area contributed by atoms with E-state index in [1.165, 1.54) is 0 Å². The van der Waals surface area contributed by atoms with E-state index in [1.807, 2.05) is 0 Å². The summed E-state index contributed by atoms with van der Waals surface area (Å²) in [6, 6.07) is 0.